The molecule has 1 amide bonds. The minimum atomic E-state index is -3.28. The third-order valence-corrected chi connectivity index (χ3v) is 7.19. The number of anilines is 2. The van der Waals surface area contributed by atoms with Crippen LogP contribution >= 0.6 is 11.8 Å². The molecule has 0 spiro atoms. The van der Waals surface area contributed by atoms with Crippen LogP contribution in [0.5, 0.6) is 0 Å². The first kappa shape index (κ1) is 20.5. The van der Waals surface area contributed by atoms with E-state index in [1.807, 2.05) is 36.6 Å². The van der Waals surface area contributed by atoms with E-state index in [-0.39, 0.29) is 11.7 Å². The molecule has 5 nitrogen and oxygen atoms in total. The maximum Gasteiger partial charge on any atom is 0.248 e. The number of thioether (sulfide) groups is 1. The fourth-order valence-corrected chi connectivity index (χ4v) is 4.76. The summed E-state index contributed by atoms with van der Waals surface area (Å²) in [4.78, 5) is 13.4. The molecule has 1 aliphatic heterocycles. The van der Waals surface area contributed by atoms with Crippen molar-refractivity contribution in [1.29, 1.82) is 0 Å². The Hall–Kier alpha value is -2.25. The second kappa shape index (κ2) is 8.84. The van der Waals surface area contributed by atoms with Gasteiger partial charge in [0, 0.05) is 23.2 Å². The van der Waals surface area contributed by atoms with Gasteiger partial charge in [-0.3, -0.25) is 9.10 Å². The molecule has 0 fully saturated rings. The Labute approximate surface area is 170 Å². The number of nitrogens with one attached hydrogen (secondary N) is 1. The van der Waals surface area contributed by atoms with Gasteiger partial charge in [-0.25, -0.2) is 8.42 Å². The number of hydrogen-bond donors (Lipinski definition) is 1. The van der Waals surface area contributed by atoms with Gasteiger partial charge in [0.15, 0.2) is 0 Å². The molecule has 0 aliphatic carbocycles. The van der Waals surface area contributed by atoms with E-state index in [2.05, 4.69) is 5.32 Å². The van der Waals surface area contributed by atoms with Crippen molar-refractivity contribution in [1.82, 2.24) is 0 Å². The van der Waals surface area contributed by atoms with Crippen LogP contribution in [0, 0.1) is 0 Å². The SMILES string of the molecule is CCS(=O)(=O)N1CCCc2cc(NC(=O)/C=C/c3ccc(SC)cc3)ccc21. The minimum Gasteiger partial charge on any atom is -0.323 e. The van der Waals surface area contributed by atoms with Crippen molar-refractivity contribution in [2.45, 2.75) is 24.7 Å². The van der Waals surface area contributed by atoms with Gasteiger partial charge in [0.2, 0.25) is 15.9 Å². The number of hydrogen-bond acceptors (Lipinski definition) is 4. The van der Waals surface area contributed by atoms with Crippen LogP contribution < -0.4 is 9.62 Å². The summed E-state index contributed by atoms with van der Waals surface area (Å²) in [6.07, 6.45) is 6.87. The van der Waals surface area contributed by atoms with E-state index in [0.717, 1.165) is 29.7 Å². The van der Waals surface area contributed by atoms with Crippen molar-refractivity contribution in [3.8, 4) is 0 Å². The van der Waals surface area contributed by atoms with Crippen LogP contribution in [-0.2, 0) is 21.2 Å². The molecule has 0 saturated carbocycles. The molecular weight excluding hydrogens is 392 g/mol. The van der Waals surface area contributed by atoms with Crippen molar-refractivity contribution in [3.05, 3.63) is 59.7 Å². The molecule has 7 heteroatoms. The predicted molar refractivity (Wildman–Crippen MR) is 117 cm³/mol. The zero-order valence-corrected chi connectivity index (χ0v) is 17.6. The van der Waals surface area contributed by atoms with E-state index < -0.39 is 10.0 Å². The zero-order valence-electron chi connectivity index (χ0n) is 16.0. The number of carbonyl (C=O) groups excluding carboxylic acids is 1. The predicted octanol–water partition coefficient (Wildman–Crippen LogP) is 4.16. The van der Waals surface area contributed by atoms with Gasteiger partial charge in [0.25, 0.3) is 0 Å². The molecule has 1 heterocycles. The second-order valence-electron chi connectivity index (χ2n) is 6.52. The summed E-state index contributed by atoms with van der Waals surface area (Å²) < 4.78 is 26.1. The lowest BCUT2D eigenvalue weighted by Gasteiger charge is -2.30. The molecule has 0 atom stereocenters. The number of amides is 1. The van der Waals surface area contributed by atoms with E-state index in [0.29, 0.717) is 12.2 Å². The third-order valence-electron chi connectivity index (χ3n) is 4.67. The van der Waals surface area contributed by atoms with Gasteiger partial charge in [-0.1, -0.05) is 12.1 Å². The summed E-state index contributed by atoms with van der Waals surface area (Å²) in [6.45, 7) is 2.16. The van der Waals surface area contributed by atoms with Crippen molar-refractivity contribution in [2.24, 2.45) is 0 Å². The summed E-state index contributed by atoms with van der Waals surface area (Å²) >= 11 is 1.67. The van der Waals surface area contributed by atoms with Crippen LogP contribution in [0.4, 0.5) is 11.4 Å². The van der Waals surface area contributed by atoms with Gasteiger partial charge in [0.1, 0.15) is 0 Å². The van der Waals surface area contributed by atoms with Crippen LogP contribution in [-0.4, -0.2) is 32.9 Å². The number of nitrogens with zero attached hydrogens (tertiary/aromatic N) is 1. The Morgan fingerprint density at radius 1 is 1.21 bits per heavy atom. The maximum absolute atomic E-state index is 12.3. The Balaban J connectivity index is 1.71. The van der Waals surface area contributed by atoms with Crippen LogP contribution in [0.3, 0.4) is 0 Å². The van der Waals surface area contributed by atoms with Crippen LogP contribution in [0.2, 0.25) is 0 Å². The Morgan fingerprint density at radius 3 is 2.64 bits per heavy atom. The summed E-state index contributed by atoms with van der Waals surface area (Å²) in [6, 6.07) is 13.4. The summed E-state index contributed by atoms with van der Waals surface area (Å²) in [5.74, 6) is -0.143. The number of rotatable bonds is 6. The summed E-state index contributed by atoms with van der Waals surface area (Å²) in [5.41, 5.74) is 3.29. The van der Waals surface area contributed by atoms with Crippen molar-refractivity contribution in [2.75, 3.05) is 28.2 Å². The van der Waals surface area contributed by atoms with E-state index in [1.165, 1.54) is 15.3 Å². The molecule has 3 rings (SSSR count). The number of carbonyl (C=O) groups is 1. The largest absolute Gasteiger partial charge is 0.323 e. The molecule has 1 aliphatic rings. The summed E-state index contributed by atoms with van der Waals surface area (Å²) in [7, 11) is -3.28. The van der Waals surface area contributed by atoms with Crippen LogP contribution in [0.25, 0.3) is 6.08 Å². The molecule has 148 valence electrons. The van der Waals surface area contributed by atoms with Gasteiger partial charge in [-0.15, -0.1) is 11.8 Å². The Morgan fingerprint density at radius 2 is 1.96 bits per heavy atom. The lowest BCUT2D eigenvalue weighted by molar-refractivity contribution is -0.111. The Kier molecular flexibility index (Phi) is 6.46. The highest BCUT2D eigenvalue weighted by Gasteiger charge is 2.26. The molecule has 0 bridgehead atoms. The molecule has 0 saturated heterocycles. The zero-order chi connectivity index (χ0) is 20.1. The molecule has 2 aromatic carbocycles. The molecule has 2 aromatic rings. The number of sulfonamides is 1. The van der Waals surface area contributed by atoms with Crippen LogP contribution in [0.15, 0.2) is 53.4 Å². The molecule has 1 N–H and O–H groups in total. The second-order valence-corrected chi connectivity index (χ2v) is 9.58. The lowest BCUT2D eigenvalue weighted by Crippen LogP contribution is -2.36. The van der Waals surface area contributed by atoms with Crippen molar-refractivity contribution < 1.29 is 13.2 Å². The molecule has 0 aromatic heterocycles. The highest BCUT2D eigenvalue weighted by atomic mass is 32.2. The molecule has 28 heavy (non-hydrogen) atoms. The number of fused-ring (bicyclic) bond motifs is 1. The number of benzene rings is 2. The van der Waals surface area contributed by atoms with Gasteiger partial charge < -0.3 is 5.32 Å². The fourth-order valence-electron chi connectivity index (χ4n) is 3.16. The quantitative estimate of drug-likeness (QED) is 0.567. The van der Waals surface area contributed by atoms with Gasteiger partial charge in [-0.05, 0) is 73.6 Å². The average Bonchev–Trinajstić information content (AvgIpc) is 2.72. The van der Waals surface area contributed by atoms with E-state index in [4.69, 9.17) is 0 Å². The molecular formula is C21H24N2O3S2. The van der Waals surface area contributed by atoms with Crippen molar-refractivity contribution >= 4 is 45.1 Å². The van der Waals surface area contributed by atoms with Gasteiger partial charge in [-0.2, -0.15) is 0 Å². The minimum absolute atomic E-state index is 0.0770. The van der Waals surface area contributed by atoms with Crippen molar-refractivity contribution in [3.63, 3.8) is 0 Å². The smallest absolute Gasteiger partial charge is 0.248 e. The lowest BCUT2D eigenvalue weighted by atomic mass is 10.0. The first-order valence-electron chi connectivity index (χ1n) is 9.19. The normalized spacial score (nSPS) is 14.1. The Bertz CT molecular complexity index is 983. The van der Waals surface area contributed by atoms with Gasteiger partial charge in [0.05, 0.1) is 11.4 Å². The van der Waals surface area contributed by atoms with E-state index >= 15 is 0 Å². The molecule has 0 unspecified atom stereocenters. The highest BCUT2D eigenvalue weighted by molar-refractivity contribution is 7.98. The first-order valence-corrected chi connectivity index (χ1v) is 12.0. The van der Waals surface area contributed by atoms with Crippen LogP contribution in [0.1, 0.15) is 24.5 Å². The molecule has 0 radical (unpaired) electrons. The van der Waals surface area contributed by atoms with E-state index in [1.54, 1.807) is 36.9 Å². The topological polar surface area (TPSA) is 66.5 Å². The summed E-state index contributed by atoms with van der Waals surface area (Å²) in [5, 5.41) is 2.85. The third kappa shape index (κ3) is 4.77. The first-order chi connectivity index (χ1) is 13.4. The number of aryl methyl sites for hydroxylation is 1. The average molecular weight is 417 g/mol. The van der Waals surface area contributed by atoms with E-state index in [9.17, 15) is 13.2 Å². The monoisotopic (exact) mass is 416 g/mol. The highest BCUT2D eigenvalue weighted by Crippen LogP contribution is 2.31. The fraction of sp³-hybridized carbons (Fsp3) is 0.286. The van der Waals surface area contributed by atoms with Gasteiger partial charge >= 0.3 is 0 Å². The maximum atomic E-state index is 12.3. The standard InChI is InChI=1S/C21H24N2O3S2/c1-3-28(25,26)23-14-4-5-17-15-18(9-12-20(17)23)22-21(24)13-8-16-6-10-19(27-2)11-7-16/h6-13,15H,3-5,14H2,1-2H3,(H,22,24)/b13-8+.